The van der Waals surface area contributed by atoms with Gasteiger partial charge in [0, 0.05) is 19.8 Å². The Hall–Kier alpha value is -1.26. The van der Waals surface area contributed by atoms with Crippen molar-refractivity contribution < 1.29 is 23.9 Å². The van der Waals surface area contributed by atoms with Gasteiger partial charge >= 0.3 is 5.97 Å². The minimum absolute atomic E-state index is 0.0719. The molecule has 172 valence electrons. The zero-order valence-electron chi connectivity index (χ0n) is 17.7. The van der Waals surface area contributed by atoms with Gasteiger partial charge in [0.1, 0.15) is 6.04 Å². The van der Waals surface area contributed by atoms with E-state index < -0.39 is 36.4 Å². The Morgan fingerprint density at radius 2 is 1.59 bits per heavy atom. The standard InChI is InChI=1S/C22H23Br3N2O5/c1-8-4-11(5-9(2)17(8)23)26-14(28)7-32-22(31)10(3)27-20(29)15-12-6-13(16(15)21(27)30)19(25)18(12)24/h4-5,10,12-13,15-16,18-19H,6-7H2,1-3H3,(H,26,28)/t10-,12+,13+,15+,16+,18-,19+/m0/s1. The molecule has 2 saturated carbocycles. The summed E-state index contributed by atoms with van der Waals surface area (Å²) in [5.41, 5.74) is 2.53. The van der Waals surface area contributed by atoms with Crippen molar-refractivity contribution in [3.8, 4) is 0 Å². The summed E-state index contributed by atoms with van der Waals surface area (Å²) in [6, 6.07) is 2.54. The van der Waals surface area contributed by atoms with Crippen molar-refractivity contribution in [3.05, 3.63) is 27.7 Å². The Balaban J connectivity index is 1.37. The number of likely N-dealkylation sites (tertiary alicyclic amines) is 1. The van der Waals surface area contributed by atoms with Crippen LogP contribution in [0.5, 0.6) is 0 Å². The van der Waals surface area contributed by atoms with Crippen molar-refractivity contribution in [2.24, 2.45) is 23.7 Å². The third kappa shape index (κ3) is 3.86. The second-order valence-corrected chi connectivity index (χ2v) is 11.7. The highest BCUT2D eigenvalue weighted by molar-refractivity contribution is 9.12. The molecule has 0 unspecified atom stereocenters. The van der Waals surface area contributed by atoms with Crippen molar-refractivity contribution >= 4 is 77.2 Å². The molecule has 2 bridgehead atoms. The van der Waals surface area contributed by atoms with Crippen LogP contribution in [0.4, 0.5) is 5.69 Å². The average molecular weight is 635 g/mol. The number of alkyl halides is 2. The van der Waals surface area contributed by atoms with Gasteiger partial charge in [-0.05, 0) is 62.3 Å². The predicted octanol–water partition coefficient (Wildman–Crippen LogP) is 3.71. The number of carbonyl (C=O) groups excluding carboxylic acids is 4. The summed E-state index contributed by atoms with van der Waals surface area (Å²) >= 11 is 10.8. The van der Waals surface area contributed by atoms with Crippen molar-refractivity contribution in [3.63, 3.8) is 0 Å². The van der Waals surface area contributed by atoms with Gasteiger partial charge in [-0.15, -0.1) is 0 Å². The Morgan fingerprint density at radius 1 is 1.09 bits per heavy atom. The largest absolute Gasteiger partial charge is 0.454 e. The molecule has 3 aliphatic rings. The Morgan fingerprint density at radius 3 is 2.09 bits per heavy atom. The first kappa shape index (κ1) is 23.9. The van der Waals surface area contributed by atoms with E-state index in [4.69, 9.17) is 4.74 Å². The van der Waals surface area contributed by atoms with Crippen molar-refractivity contribution in [1.82, 2.24) is 4.90 Å². The van der Waals surface area contributed by atoms with E-state index in [1.807, 2.05) is 26.0 Å². The number of carbonyl (C=O) groups is 4. The molecule has 32 heavy (non-hydrogen) atoms. The molecule has 3 amide bonds. The highest BCUT2D eigenvalue weighted by atomic mass is 79.9. The number of fused-ring (bicyclic) bond motifs is 5. The number of nitrogens with one attached hydrogen (secondary N) is 1. The zero-order valence-corrected chi connectivity index (χ0v) is 22.5. The van der Waals surface area contributed by atoms with Crippen LogP contribution >= 0.6 is 47.8 Å². The van der Waals surface area contributed by atoms with Crippen LogP contribution in [-0.4, -0.2) is 50.9 Å². The van der Waals surface area contributed by atoms with E-state index in [9.17, 15) is 19.2 Å². The van der Waals surface area contributed by atoms with Crippen LogP contribution in [0.1, 0.15) is 24.5 Å². The maximum Gasteiger partial charge on any atom is 0.329 e. The van der Waals surface area contributed by atoms with Gasteiger partial charge in [-0.1, -0.05) is 47.8 Å². The van der Waals surface area contributed by atoms with E-state index >= 15 is 0 Å². The molecule has 4 rings (SSSR count). The van der Waals surface area contributed by atoms with Gasteiger partial charge in [0.2, 0.25) is 11.8 Å². The van der Waals surface area contributed by atoms with Crippen LogP contribution in [-0.2, 0) is 23.9 Å². The number of rotatable bonds is 5. The molecule has 0 aromatic heterocycles. The number of ether oxygens (including phenoxy) is 1. The molecule has 2 aliphatic carbocycles. The second kappa shape index (κ2) is 8.83. The molecule has 3 fully saturated rings. The minimum atomic E-state index is -1.08. The molecule has 1 saturated heterocycles. The maximum atomic E-state index is 13.0. The summed E-state index contributed by atoms with van der Waals surface area (Å²) in [5.74, 6) is -2.54. The molecule has 1 aliphatic heterocycles. The fourth-order valence-electron chi connectivity index (χ4n) is 5.33. The Labute approximate surface area is 211 Å². The number of hydrogen-bond donors (Lipinski definition) is 1. The number of hydrogen-bond acceptors (Lipinski definition) is 5. The molecule has 7 atom stereocenters. The minimum Gasteiger partial charge on any atom is -0.454 e. The third-order valence-electron chi connectivity index (χ3n) is 6.82. The summed E-state index contributed by atoms with van der Waals surface area (Å²) < 4.78 is 6.10. The summed E-state index contributed by atoms with van der Waals surface area (Å²) in [6.45, 7) is 4.79. The van der Waals surface area contributed by atoms with Crippen LogP contribution in [0.3, 0.4) is 0 Å². The molecule has 1 heterocycles. The van der Waals surface area contributed by atoms with Gasteiger partial charge in [0.15, 0.2) is 6.61 Å². The number of aryl methyl sites for hydroxylation is 2. The van der Waals surface area contributed by atoms with Crippen LogP contribution in [0, 0.1) is 37.5 Å². The summed E-state index contributed by atoms with van der Waals surface area (Å²) in [5, 5.41) is 2.70. The van der Waals surface area contributed by atoms with E-state index in [1.165, 1.54) is 6.92 Å². The highest BCUT2D eigenvalue weighted by Gasteiger charge is 2.67. The third-order valence-corrected chi connectivity index (χ3v) is 11.3. The zero-order chi connectivity index (χ0) is 23.5. The molecule has 0 radical (unpaired) electrons. The van der Waals surface area contributed by atoms with E-state index in [2.05, 4.69) is 53.1 Å². The molecule has 1 aromatic carbocycles. The monoisotopic (exact) mass is 632 g/mol. The quantitative estimate of drug-likeness (QED) is 0.303. The van der Waals surface area contributed by atoms with Gasteiger partial charge in [-0.3, -0.25) is 19.3 Å². The number of nitrogens with zero attached hydrogens (tertiary/aromatic N) is 1. The van der Waals surface area contributed by atoms with Gasteiger partial charge in [-0.2, -0.15) is 0 Å². The SMILES string of the molecule is Cc1cc(NC(=O)COC(=O)[C@H](C)N2C(=O)[C@@H]3[C@H]4C[C@@H]([C@@H](Br)[C@H]4Br)[C@H]3C2=O)cc(C)c1Br. The molecule has 10 heteroatoms. The number of halogens is 3. The first-order valence-corrected chi connectivity index (χ1v) is 13.0. The molecular weight excluding hydrogens is 612 g/mol. The van der Waals surface area contributed by atoms with E-state index in [1.54, 1.807) is 0 Å². The fraction of sp³-hybridized carbons (Fsp3) is 0.545. The Kier molecular flexibility index (Phi) is 6.59. The lowest BCUT2D eigenvalue weighted by atomic mass is 9.81. The van der Waals surface area contributed by atoms with Gasteiger partial charge in [0.25, 0.3) is 5.91 Å². The lowest BCUT2D eigenvalue weighted by Gasteiger charge is -2.28. The topological polar surface area (TPSA) is 92.8 Å². The number of amides is 3. The van der Waals surface area contributed by atoms with Gasteiger partial charge < -0.3 is 10.1 Å². The van der Waals surface area contributed by atoms with Crippen LogP contribution < -0.4 is 5.32 Å². The van der Waals surface area contributed by atoms with E-state index in [0.717, 1.165) is 26.9 Å². The van der Waals surface area contributed by atoms with Crippen molar-refractivity contribution in [1.29, 1.82) is 0 Å². The maximum absolute atomic E-state index is 13.0. The summed E-state index contributed by atoms with van der Waals surface area (Å²) in [4.78, 5) is 52.2. The smallest absolute Gasteiger partial charge is 0.329 e. The first-order chi connectivity index (χ1) is 15.0. The number of benzene rings is 1. The summed E-state index contributed by atoms with van der Waals surface area (Å²) in [6.07, 6.45) is 0.820. The van der Waals surface area contributed by atoms with E-state index in [0.29, 0.717) is 5.69 Å². The Bertz CT molecular complexity index is 960. The molecule has 7 nitrogen and oxygen atoms in total. The number of esters is 1. The molecule has 1 N–H and O–H groups in total. The normalized spacial score (nSPS) is 31.6. The predicted molar refractivity (Wildman–Crippen MR) is 129 cm³/mol. The van der Waals surface area contributed by atoms with Gasteiger partial charge in [0.05, 0.1) is 11.8 Å². The van der Waals surface area contributed by atoms with Gasteiger partial charge in [-0.25, -0.2) is 4.79 Å². The number of imide groups is 1. The number of anilines is 1. The lowest BCUT2D eigenvalue weighted by molar-refractivity contribution is -0.159. The first-order valence-electron chi connectivity index (χ1n) is 10.4. The molecular formula is C22H23Br3N2O5. The molecule has 1 aromatic rings. The van der Waals surface area contributed by atoms with Crippen molar-refractivity contribution in [2.45, 2.75) is 42.9 Å². The van der Waals surface area contributed by atoms with Crippen molar-refractivity contribution in [2.75, 3.05) is 11.9 Å². The van der Waals surface area contributed by atoms with E-state index in [-0.39, 0.29) is 33.3 Å². The lowest BCUT2D eigenvalue weighted by Crippen LogP contribution is -2.45. The highest BCUT2D eigenvalue weighted by Crippen LogP contribution is 2.60. The second-order valence-electron chi connectivity index (χ2n) is 8.81. The average Bonchev–Trinajstić information content (AvgIpc) is 3.34. The molecule has 0 spiro atoms. The van der Waals surface area contributed by atoms with Crippen LogP contribution in [0.15, 0.2) is 16.6 Å². The van der Waals surface area contributed by atoms with Crippen LogP contribution in [0.2, 0.25) is 0 Å². The fourth-order valence-corrected chi connectivity index (χ4v) is 7.43. The van der Waals surface area contributed by atoms with Crippen LogP contribution in [0.25, 0.3) is 0 Å². The summed E-state index contributed by atoms with van der Waals surface area (Å²) in [7, 11) is 0.